The van der Waals surface area contributed by atoms with Gasteiger partial charge in [0.05, 0.1) is 11.9 Å². The number of aromatic amines is 1. The molecule has 22 heavy (non-hydrogen) atoms. The van der Waals surface area contributed by atoms with Crippen LogP contribution in [0.4, 0.5) is 5.69 Å². The molecule has 1 aliphatic rings. The molecule has 1 saturated heterocycles. The second kappa shape index (κ2) is 6.60. The molecule has 0 aromatic carbocycles. The van der Waals surface area contributed by atoms with Crippen molar-refractivity contribution in [3.63, 3.8) is 0 Å². The van der Waals surface area contributed by atoms with E-state index in [1.165, 1.54) is 0 Å². The lowest BCUT2D eigenvalue weighted by Crippen LogP contribution is -2.48. The van der Waals surface area contributed by atoms with Crippen LogP contribution in [0.3, 0.4) is 0 Å². The smallest absolute Gasteiger partial charge is 0.274 e. The van der Waals surface area contributed by atoms with Gasteiger partial charge >= 0.3 is 0 Å². The van der Waals surface area contributed by atoms with Gasteiger partial charge in [0.15, 0.2) is 0 Å². The van der Waals surface area contributed by atoms with Gasteiger partial charge < -0.3 is 9.80 Å². The van der Waals surface area contributed by atoms with E-state index in [0.29, 0.717) is 18.8 Å². The van der Waals surface area contributed by atoms with Crippen LogP contribution in [0.2, 0.25) is 0 Å². The number of amides is 1. The largest absolute Gasteiger partial charge is 0.367 e. The van der Waals surface area contributed by atoms with Crippen LogP contribution in [0.15, 0.2) is 30.6 Å². The summed E-state index contributed by atoms with van der Waals surface area (Å²) in [7, 11) is 0. The summed E-state index contributed by atoms with van der Waals surface area (Å²) in [5.74, 6) is 0.0180. The fourth-order valence-corrected chi connectivity index (χ4v) is 2.74. The third kappa shape index (κ3) is 3.10. The molecule has 2 aromatic heterocycles. The molecule has 0 saturated carbocycles. The number of carbonyl (C=O) groups is 1. The van der Waals surface area contributed by atoms with Gasteiger partial charge in [-0.25, -0.2) is 0 Å². The van der Waals surface area contributed by atoms with Gasteiger partial charge in [-0.1, -0.05) is 13.3 Å². The number of H-pyrrole nitrogens is 1. The van der Waals surface area contributed by atoms with Crippen molar-refractivity contribution in [2.45, 2.75) is 19.8 Å². The third-order valence-corrected chi connectivity index (χ3v) is 3.95. The monoisotopic (exact) mass is 299 g/mol. The van der Waals surface area contributed by atoms with Crippen LogP contribution in [-0.2, 0) is 6.42 Å². The van der Waals surface area contributed by atoms with Crippen LogP contribution in [0.25, 0.3) is 0 Å². The van der Waals surface area contributed by atoms with E-state index in [0.717, 1.165) is 37.3 Å². The molecule has 0 radical (unpaired) electrons. The maximum absolute atomic E-state index is 12.5. The van der Waals surface area contributed by atoms with Crippen molar-refractivity contribution in [2.24, 2.45) is 0 Å². The first-order chi connectivity index (χ1) is 10.8. The number of aryl methyl sites for hydroxylation is 1. The summed E-state index contributed by atoms with van der Waals surface area (Å²) in [4.78, 5) is 20.7. The standard InChI is InChI=1S/C16H21N5O/c1-2-4-13-11-15(19-18-13)16(22)21-9-7-20(8-10-21)14-5-3-6-17-12-14/h3,5-6,11-12H,2,4,7-10H2,1H3,(H,18,19). The third-order valence-electron chi connectivity index (χ3n) is 3.95. The number of anilines is 1. The first-order valence-corrected chi connectivity index (χ1v) is 7.76. The minimum Gasteiger partial charge on any atom is -0.367 e. The molecular formula is C16H21N5O. The summed E-state index contributed by atoms with van der Waals surface area (Å²) in [6.07, 6.45) is 5.60. The minimum atomic E-state index is 0.0180. The zero-order chi connectivity index (χ0) is 15.4. The topological polar surface area (TPSA) is 65.1 Å². The van der Waals surface area contributed by atoms with Gasteiger partial charge in [0.1, 0.15) is 5.69 Å². The highest BCUT2D eigenvalue weighted by Crippen LogP contribution is 2.15. The van der Waals surface area contributed by atoms with E-state index in [1.54, 1.807) is 6.20 Å². The van der Waals surface area contributed by atoms with Crippen LogP contribution in [0.1, 0.15) is 29.5 Å². The highest BCUT2D eigenvalue weighted by Gasteiger charge is 2.23. The molecule has 0 unspecified atom stereocenters. The van der Waals surface area contributed by atoms with Crippen LogP contribution in [0.5, 0.6) is 0 Å². The van der Waals surface area contributed by atoms with E-state index in [9.17, 15) is 4.79 Å². The number of hydrogen-bond donors (Lipinski definition) is 1. The van der Waals surface area contributed by atoms with Crippen molar-refractivity contribution in [2.75, 3.05) is 31.1 Å². The van der Waals surface area contributed by atoms with Crippen molar-refractivity contribution >= 4 is 11.6 Å². The lowest BCUT2D eigenvalue weighted by molar-refractivity contribution is 0.0741. The molecule has 2 aromatic rings. The van der Waals surface area contributed by atoms with Gasteiger partial charge in [-0.05, 0) is 24.6 Å². The van der Waals surface area contributed by atoms with Crippen LogP contribution >= 0.6 is 0 Å². The molecule has 0 aliphatic carbocycles. The number of carbonyl (C=O) groups excluding carboxylic acids is 1. The average molecular weight is 299 g/mol. The van der Waals surface area contributed by atoms with Gasteiger partial charge in [0.2, 0.25) is 0 Å². The molecule has 3 rings (SSSR count). The molecule has 0 atom stereocenters. The van der Waals surface area contributed by atoms with E-state index < -0.39 is 0 Å². The Kier molecular flexibility index (Phi) is 4.37. The van der Waals surface area contributed by atoms with Gasteiger partial charge in [-0.15, -0.1) is 0 Å². The molecule has 0 bridgehead atoms. The Hall–Kier alpha value is -2.37. The second-order valence-corrected chi connectivity index (χ2v) is 5.52. The summed E-state index contributed by atoms with van der Waals surface area (Å²) in [6, 6.07) is 5.86. The van der Waals surface area contributed by atoms with Crippen molar-refractivity contribution in [3.05, 3.63) is 42.0 Å². The van der Waals surface area contributed by atoms with Crippen LogP contribution < -0.4 is 4.90 Å². The molecule has 1 aliphatic heterocycles. The molecule has 6 heteroatoms. The Morgan fingerprint density at radius 1 is 1.32 bits per heavy atom. The summed E-state index contributed by atoms with van der Waals surface area (Å²) in [5, 5.41) is 7.09. The fourth-order valence-electron chi connectivity index (χ4n) is 2.74. The number of pyridine rings is 1. The van der Waals surface area contributed by atoms with E-state index >= 15 is 0 Å². The second-order valence-electron chi connectivity index (χ2n) is 5.52. The van der Waals surface area contributed by atoms with Crippen LogP contribution in [0, 0.1) is 0 Å². The number of rotatable bonds is 4. The van der Waals surface area contributed by atoms with E-state index in [4.69, 9.17) is 0 Å². The minimum absolute atomic E-state index is 0.0180. The maximum atomic E-state index is 12.5. The zero-order valence-corrected chi connectivity index (χ0v) is 12.8. The quantitative estimate of drug-likeness (QED) is 0.933. The fraction of sp³-hybridized carbons (Fsp3) is 0.438. The van der Waals surface area contributed by atoms with E-state index in [-0.39, 0.29) is 5.91 Å². The number of nitrogens with zero attached hydrogens (tertiary/aromatic N) is 4. The first-order valence-electron chi connectivity index (χ1n) is 7.76. The van der Waals surface area contributed by atoms with E-state index in [2.05, 4.69) is 33.1 Å². The number of piperazine rings is 1. The van der Waals surface area contributed by atoms with Gasteiger partial charge in [-0.2, -0.15) is 5.10 Å². The summed E-state index contributed by atoms with van der Waals surface area (Å²) < 4.78 is 0. The molecule has 3 heterocycles. The Morgan fingerprint density at radius 2 is 2.14 bits per heavy atom. The van der Waals surface area contributed by atoms with Crippen molar-refractivity contribution < 1.29 is 4.79 Å². The number of aromatic nitrogens is 3. The molecule has 1 fully saturated rings. The Bertz CT molecular complexity index is 616. The molecule has 116 valence electrons. The number of hydrogen-bond acceptors (Lipinski definition) is 4. The van der Waals surface area contributed by atoms with Gasteiger partial charge in [0.25, 0.3) is 5.91 Å². The van der Waals surface area contributed by atoms with Crippen molar-refractivity contribution in [3.8, 4) is 0 Å². The Morgan fingerprint density at radius 3 is 2.82 bits per heavy atom. The number of nitrogens with one attached hydrogen (secondary N) is 1. The molecule has 1 N–H and O–H groups in total. The molecule has 1 amide bonds. The predicted octanol–water partition coefficient (Wildman–Crippen LogP) is 1.72. The SMILES string of the molecule is CCCc1cc(C(=O)N2CCN(c3cccnc3)CC2)n[nH]1. The maximum Gasteiger partial charge on any atom is 0.274 e. The molecule has 6 nitrogen and oxygen atoms in total. The normalized spacial score (nSPS) is 15.1. The Labute approximate surface area is 130 Å². The Balaban J connectivity index is 1.59. The first kappa shape index (κ1) is 14.6. The predicted molar refractivity (Wildman–Crippen MR) is 84.9 cm³/mol. The highest BCUT2D eigenvalue weighted by molar-refractivity contribution is 5.92. The zero-order valence-electron chi connectivity index (χ0n) is 12.8. The van der Waals surface area contributed by atoms with Gasteiger partial charge in [-0.3, -0.25) is 14.9 Å². The van der Waals surface area contributed by atoms with Gasteiger partial charge in [0, 0.05) is 38.1 Å². The summed E-state index contributed by atoms with van der Waals surface area (Å²) in [6.45, 7) is 5.18. The lowest BCUT2D eigenvalue weighted by Gasteiger charge is -2.35. The molecule has 0 spiro atoms. The summed E-state index contributed by atoms with van der Waals surface area (Å²) in [5.41, 5.74) is 2.66. The van der Waals surface area contributed by atoms with Crippen molar-refractivity contribution in [1.29, 1.82) is 0 Å². The van der Waals surface area contributed by atoms with Crippen molar-refractivity contribution in [1.82, 2.24) is 20.1 Å². The highest BCUT2D eigenvalue weighted by atomic mass is 16.2. The average Bonchev–Trinajstić information content (AvgIpc) is 3.04. The molecular weight excluding hydrogens is 278 g/mol. The van der Waals surface area contributed by atoms with E-state index in [1.807, 2.05) is 23.2 Å². The summed E-state index contributed by atoms with van der Waals surface area (Å²) >= 11 is 0. The van der Waals surface area contributed by atoms with Crippen LogP contribution in [-0.4, -0.2) is 52.2 Å². The lowest BCUT2D eigenvalue weighted by atomic mass is 10.2.